The van der Waals surface area contributed by atoms with E-state index in [1.807, 2.05) is 17.5 Å². The lowest BCUT2D eigenvalue weighted by Crippen LogP contribution is -2.22. The van der Waals surface area contributed by atoms with Gasteiger partial charge in [-0.05, 0) is 42.6 Å². The van der Waals surface area contributed by atoms with E-state index in [0.29, 0.717) is 33.0 Å². The molecule has 2 aromatic heterocycles. The fourth-order valence-electron chi connectivity index (χ4n) is 2.11. The molecule has 0 spiro atoms. The molecule has 6 nitrogen and oxygen atoms in total. The zero-order valence-corrected chi connectivity index (χ0v) is 16.1. The van der Waals surface area contributed by atoms with Crippen molar-refractivity contribution in [2.45, 2.75) is 13.5 Å². The molecule has 1 aromatic carbocycles. The van der Waals surface area contributed by atoms with E-state index >= 15 is 0 Å². The van der Waals surface area contributed by atoms with Crippen molar-refractivity contribution in [1.82, 2.24) is 10.3 Å². The molecule has 3 rings (SSSR count). The predicted octanol–water partition coefficient (Wildman–Crippen LogP) is 4.74. The maximum Gasteiger partial charge on any atom is 0.325 e. The van der Waals surface area contributed by atoms with E-state index in [1.54, 1.807) is 42.5 Å². The molecule has 3 amide bonds. The van der Waals surface area contributed by atoms with Crippen molar-refractivity contribution in [3.63, 3.8) is 0 Å². The van der Waals surface area contributed by atoms with E-state index in [0.717, 1.165) is 16.2 Å². The summed E-state index contributed by atoms with van der Waals surface area (Å²) in [4.78, 5) is 30.1. The lowest BCUT2D eigenvalue weighted by Gasteiger charge is -2.05. The number of amides is 3. The van der Waals surface area contributed by atoms with E-state index in [9.17, 15) is 9.59 Å². The first-order chi connectivity index (χ1) is 12.5. The number of carbonyl (C=O) groups excluding carboxylic acids is 2. The minimum absolute atomic E-state index is 0.209. The summed E-state index contributed by atoms with van der Waals surface area (Å²) < 4.78 is 0. The van der Waals surface area contributed by atoms with Crippen molar-refractivity contribution in [1.29, 1.82) is 0 Å². The number of halogens is 1. The Balaban J connectivity index is 1.59. The zero-order chi connectivity index (χ0) is 18.5. The molecule has 0 fully saturated rings. The topological polar surface area (TPSA) is 83.1 Å². The molecule has 0 saturated carbocycles. The molecule has 3 N–H and O–H groups in total. The summed E-state index contributed by atoms with van der Waals surface area (Å²) in [5, 5.41) is 11.1. The molecule has 0 saturated heterocycles. The number of urea groups is 1. The van der Waals surface area contributed by atoms with Crippen LogP contribution in [0.4, 0.5) is 15.6 Å². The van der Waals surface area contributed by atoms with Crippen LogP contribution in [0.2, 0.25) is 5.02 Å². The Morgan fingerprint density at radius 1 is 1.15 bits per heavy atom. The Bertz CT molecular complexity index is 908. The maximum absolute atomic E-state index is 12.3. The van der Waals surface area contributed by atoms with Crippen LogP contribution in [0.25, 0.3) is 0 Å². The van der Waals surface area contributed by atoms with Gasteiger partial charge in [0.15, 0.2) is 5.13 Å². The van der Waals surface area contributed by atoms with Gasteiger partial charge in [0.2, 0.25) is 0 Å². The molecule has 0 atom stereocenters. The van der Waals surface area contributed by atoms with Crippen LogP contribution in [0, 0.1) is 6.92 Å². The summed E-state index contributed by atoms with van der Waals surface area (Å²) in [6.07, 6.45) is 0. The zero-order valence-electron chi connectivity index (χ0n) is 13.7. The van der Waals surface area contributed by atoms with Gasteiger partial charge in [-0.3, -0.25) is 10.1 Å². The summed E-state index contributed by atoms with van der Waals surface area (Å²) in [6.45, 7) is 2.20. The molecule has 0 radical (unpaired) electrons. The number of aromatic nitrogens is 1. The SMILES string of the molecule is Cc1nc(NC(=O)Nc2ccc(Cl)cc2)sc1C(=O)NCc1cccs1. The molecule has 9 heteroatoms. The number of aryl methyl sites for hydroxylation is 1. The van der Waals surface area contributed by atoms with Crippen LogP contribution in [-0.4, -0.2) is 16.9 Å². The van der Waals surface area contributed by atoms with Gasteiger partial charge in [-0.15, -0.1) is 11.3 Å². The Kier molecular flexibility index (Phi) is 5.87. The number of thiophene rings is 1. The largest absolute Gasteiger partial charge is 0.346 e. The van der Waals surface area contributed by atoms with E-state index in [-0.39, 0.29) is 5.91 Å². The molecule has 0 aliphatic carbocycles. The van der Waals surface area contributed by atoms with E-state index in [4.69, 9.17) is 11.6 Å². The van der Waals surface area contributed by atoms with E-state index in [1.165, 1.54) is 0 Å². The third kappa shape index (κ3) is 4.81. The molecule has 2 heterocycles. The van der Waals surface area contributed by atoms with Crippen LogP contribution in [-0.2, 0) is 6.54 Å². The van der Waals surface area contributed by atoms with E-state index in [2.05, 4.69) is 20.9 Å². The van der Waals surface area contributed by atoms with Crippen LogP contribution in [0.15, 0.2) is 41.8 Å². The summed E-state index contributed by atoms with van der Waals surface area (Å²) in [5.41, 5.74) is 1.18. The van der Waals surface area contributed by atoms with Crippen LogP contribution < -0.4 is 16.0 Å². The van der Waals surface area contributed by atoms with E-state index < -0.39 is 6.03 Å². The van der Waals surface area contributed by atoms with Gasteiger partial charge in [0.1, 0.15) is 4.88 Å². The highest BCUT2D eigenvalue weighted by molar-refractivity contribution is 7.17. The highest BCUT2D eigenvalue weighted by atomic mass is 35.5. The normalized spacial score (nSPS) is 10.4. The second-order valence-electron chi connectivity index (χ2n) is 5.28. The quantitative estimate of drug-likeness (QED) is 0.572. The Labute approximate surface area is 163 Å². The van der Waals surface area contributed by atoms with Crippen LogP contribution in [0.1, 0.15) is 20.2 Å². The average Bonchev–Trinajstić information content (AvgIpc) is 3.24. The number of hydrogen-bond acceptors (Lipinski definition) is 5. The van der Waals surface area contributed by atoms with Gasteiger partial charge in [-0.25, -0.2) is 9.78 Å². The Hall–Kier alpha value is -2.42. The number of benzene rings is 1. The van der Waals surface area contributed by atoms with Gasteiger partial charge in [-0.1, -0.05) is 29.0 Å². The summed E-state index contributed by atoms with van der Waals surface area (Å²) >= 11 is 8.52. The van der Waals surface area contributed by atoms with Gasteiger partial charge in [0, 0.05) is 15.6 Å². The molecule has 134 valence electrons. The van der Waals surface area contributed by atoms with Gasteiger partial charge < -0.3 is 10.6 Å². The molecular weight excluding hydrogens is 392 g/mol. The fraction of sp³-hybridized carbons (Fsp3) is 0.118. The first-order valence-corrected chi connectivity index (χ1v) is 9.70. The summed E-state index contributed by atoms with van der Waals surface area (Å²) in [5.74, 6) is -0.209. The third-order valence-electron chi connectivity index (χ3n) is 3.33. The minimum atomic E-state index is -0.438. The van der Waals surface area contributed by atoms with Crippen molar-refractivity contribution in [3.05, 3.63) is 62.2 Å². The average molecular weight is 407 g/mol. The molecule has 0 bridgehead atoms. The Morgan fingerprint density at radius 2 is 1.92 bits per heavy atom. The number of nitrogens with zero attached hydrogens (tertiary/aromatic N) is 1. The number of thiazole rings is 1. The maximum atomic E-state index is 12.3. The highest BCUT2D eigenvalue weighted by Gasteiger charge is 2.16. The predicted molar refractivity (Wildman–Crippen MR) is 106 cm³/mol. The summed E-state index contributed by atoms with van der Waals surface area (Å²) in [6, 6.07) is 10.2. The highest BCUT2D eigenvalue weighted by Crippen LogP contribution is 2.23. The van der Waals surface area contributed by atoms with Crippen LogP contribution in [0.5, 0.6) is 0 Å². The molecule has 3 aromatic rings. The second kappa shape index (κ2) is 8.31. The molecular formula is C17H15ClN4O2S2. The Morgan fingerprint density at radius 3 is 2.62 bits per heavy atom. The first-order valence-electron chi connectivity index (χ1n) is 7.63. The van der Waals surface area contributed by atoms with Gasteiger partial charge in [-0.2, -0.15) is 0 Å². The monoisotopic (exact) mass is 406 g/mol. The van der Waals surface area contributed by atoms with Crippen molar-refractivity contribution >= 4 is 57.0 Å². The van der Waals surface area contributed by atoms with Crippen molar-refractivity contribution in [2.24, 2.45) is 0 Å². The molecule has 0 aliphatic heterocycles. The standard InChI is InChI=1S/C17H15ClN4O2S2/c1-10-14(15(23)19-9-13-3-2-8-25-13)26-17(20-10)22-16(24)21-12-6-4-11(18)5-7-12/h2-8H,9H2,1H3,(H,19,23)(H2,20,21,22,24). The summed E-state index contributed by atoms with van der Waals surface area (Å²) in [7, 11) is 0. The van der Waals surface area contributed by atoms with Gasteiger partial charge in [0.25, 0.3) is 5.91 Å². The number of anilines is 2. The lowest BCUT2D eigenvalue weighted by atomic mass is 10.3. The van der Waals surface area contributed by atoms with Crippen LogP contribution in [0.3, 0.4) is 0 Å². The first kappa shape index (κ1) is 18.4. The number of nitrogens with one attached hydrogen (secondary N) is 3. The smallest absolute Gasteiger partial charge is 0.325 e. The number of hydrogen-bond donors (Lipinski definition) is 3. The second-order valence-corrected chi connectivity index (χ2v) is 7.75. The molecule has 26 heavy (non-hydrogen) atoms. The minimum Gasteiger partial charge on any atom is -0.346 e. The van der Waals surface area contributed by atoms with Crippen molar-refractivity contribution < 1.29 is 9.59 Å². The van der Waals surface area contributed by atoms with Gasteiger partial charge in [0.05, 0.1) is 12.2 Å². The third-order valence-corrected chi connectivity index (χ3v) is 5.53. The lowest BCUT2D eigenvalue weighted by molar-refractivity contribution is 0.0954. The molecule has 0 aliphatic rings. The fourth-order valence-corrected chi connectivity index (χ4v) is 3.76. The van der Waals surface area contributed by atoms with Crippen LogP contribution >= 0.6 is 34.3 Å². The van der Waals surface area contributed by atoms with Crippen molar-refractivity contribution in [2.75, 3.05) is 10.6 Å². The number of rotatable bonds is 5. The van der Waals surface area contributed by atoms with Crippen molar-refractivity contribution in [3.8, 4) is 0 Å². The van der Waals surface area contributed by atoms with Gasteiger partial charge >= 0.3 is 6.03 Å². The molecule has 0 unspecified atom stereocenters. The number of carbonyl (C=O) groups is 2.